The van der Waals surface area contributed by atoms with Gasteiger partial charge in [0.25, 0.3) is 5.91 Å². The predicted molar refractivity (Wildman–Crippen MR) is 85.1 cm³/mol. The zero-order valence-corrected chi connectivity index (χ0v) is 13.6. The van der Waals surface area contributed by atoms with Crippen LogP contribution in [0.4, 0.5) is 4.79 Å². The van der Waals surface area contributed by atoms with Crippen molar-refractivity contribution in [1.82, 2.24) is 9.99 Å². The molecule has 2 amide bonds. The molecule has 5 N–H and O–H groups in total. The van der Waals surface area contributed by atoms with Crippen LogP contribution in [-0.2, 0) is 20.7 Å². The smallest absolute Gasteiger partial charge is 0.408 e. The molecule has 1 aromatic rings. The molecule has 0 aliphatic carbocycles. The van der Waals surface area contributed by atoms with Crippen LogP contribution in [0.15, 0.2) is 30.3 Å². The summed E-state index contributed by atoms with van der Waals surface area (Å²) in [6, 6.07) is 8.35. The number of amides is 2. The number of hydrogen-bond donors (Lipinski definition) is 3. The lowest BCUT2D eigenvalue weighted by Crippen LogP contribution is -2.48. The maximum atomic E-state index is 12.3. The van der Waals surface area contributed by atoms with E-state index in [1.54, 1.807) is 0 Å². The number of nitrogens with two attached hydrogens (primary N) is 2. The minimum absolute atomic E-state index is 0.101. The number of benzene rings is 1. The van der Waals surface area contributed by atoms with Crippen LogP contribution >= 0.6 is 7.59 Å². The quantitative estimate of drug-likeness (QED) is 0.709. The third kappa shape index (κ3) is 5.06. The molecule has 0 bridgehead atoms. The van der Waals surface area contributed by atoms with Crippen LogP contribution in [0.1, 0.15) is 24.8 Å². The van der Waals surface area contributed by atoms with Gasteiger partial charge in [-0.15, -0.1) is 0 Å². The summed E-state index contributed by atoms with van der Waals surface area (Å²) in [5.41, 5.74) is 11.6. The highest BCUT2D eigenvalue weighted by molar-refractivity contribution is 7.57. The molecule has 0 spiro atoms. The predicted octanol–water partition coefficient (Wildman–Crippen LogP) is 1.32. The van der Waals surface area contributed by atoms with Crippen LogP contribution in [-0.4, -0.2) is 29.3 Å². The molecule has 1 aromatic carbocycles. The summed E-state index contributed by atoms with van der Waals surface area (Å²) in [5.74, 6) is -0.535. The summed E-state index contributed by atoms with van der Waals surface area (Å²) in [5, 5.41) is 2.50. The van der Waals surface area contributed by atoms with Crippen molar-refractivity contribution in [3.05, 3.63) is 35.9 Å². The lowest BCUT2D eigenvalue weighted by atomic mass is 10.1. The van der Waals surface area contributed by atoms with E-state index in [-0.39, 0.29) is 13.2 Å². The Morgan fingerprint density at radius 1 is 1.30 bits per heavy atom. The van der Waals surface area contributed by atoms with Gasteiger partial charge in [0.1, 0.15) is 12.6 Å². The lowest BCUT2D eigenvalue weighted by Gasteiger charge is -2.26. The van der Waals surface area contributed by atoms with Crippen molar-refractivity contribution in [2.24, 2.45) is 11.0 Å². The molecule has 9 heteroatoms. The topological polar surface area (TPSA) is 128 Å². The van der Waals surface area contributed by atoms with Crippen molar-refractivity contribution in [2.45, 2.75) is 31.9 Å². The van der Waals surface area contributed by atoms with Crippen LogP contribution in [0.5, 0.6) is 0 Å². The fourth-order valence-corrected chi connectivity index (χ4v) is 3.28. The molecule has 1 aliphatic heterocycles. The van der Waals surface area contributed by atoms with E-state index in [4.69, 9.17) is 15.7 Å². The molecule has 0 unspecified atom stereocenters. The number of hydrogen-bond acceptors (Lipinski definition) is 4. The van der Waals surface area contributed by atoms with Gasteiger partial charge in [0.2, 0.25) is 0 Å². The van der Waals surface area contributed by atoms with Crippen molar-refractivity contribution in [3.63, 3.8) is 0 Å². The zero-order valence-electron chi connectivity index (χ0n) is 12.7. The van der Waals surface area contributed by atoms with Crippen molar-refractivity contribution in [3.8, 4) is 0 Å². The molecule has 126 valence electrons. The number of ether oxygens (including phenoxy) is 1. The SMILES string of the molecule is NP(N)(=O)N1CCCC[C@H](NC(=O)OCc2ccccc2)C1=O. The molecule has 1 atom stereocenters. The summed E-state index contributed by atoms with van der Waals surface area (Å²) in [6.07, 6.45) is 1.03. The van der Waals surface area contributed by atoms with Gasteiger partial charge in [-0.3, -0.25) is 25.0 Å². The zero-order chi connectivity index (χ0) is 16.9. The van der Waals surface area contributed by atoms with Crippen LogP contribution in [0, 0.1) is 0 Å². The van der Waals surface area contributed by atoms with E-state index >= 15 is 0 Å². The van der Waals surface area contributed by atoms with Crippen LogP contribution in [0.2, 0.25) is 0 Å². The van der Waals surface area contributed by atoms with Gasteiger partial charge in [0.05, 0.1) is 0 Å². The van der Waals surface area contributed by atoms with Gasteiger partial charge in [-0.25, -0.2) is 4.79 Å². The first kappa shape index (κ1) is 17.5. The minimum Gasteiger partial charge on any atom is -0.445 e. The van der Waals surface area contributed by atoms with E-state index in [1.807, 2.05) is 30.3 Å². The van der Waals surface area contributed by atoms with E-state index in [1.165, 1.54) is 0 Å². The Morgan fingerprint density at radius 3 is 2.65 bits per heavy atom. The average molecular weight is 340 g/mol. The van der Waals surface area contributed by atoms with E-state index in [0.717, 1.165) is 10.2 Å². The van der Waals surface area contributed by atoms with Crippen LogP contribution in [0.25, 0.3) is 0 Å². The standard InChI is InChI=1S/C14H21N4O4P/c15-23(16,21)18-9-5-4-8-12(13(18)19)17-14(20)22-10-11-6-2-1-3-7-11/h1-3,6-7,12H,4-5,8-10H2,(H,17,20)(H4,15,16,21)/t12-/m0/s1. The Balaban J connectivity index is 1.93. The molecule has 1 saturated heterocycles. The van der Waals surface area contributed by atoms with Crippen LogP contribution in [0.3, 0.4) is 0 Å². The second kappa shape index (κ2) is 7.59. The molecule has 23 heavy (non-hydrogen) atoms. The monoisotopic (exact) mass is 340 g/mol. The lowest BCUT2D eigenvalue weighted by molar-refractivity contribution is -0.128. The van der Waals surface area contributed by atoms with E-state index in [2.05, 4.69) is 5.32 Å². The number of nitrogens with zero attached hydrogens (tertiary/aromatic N) is 1. The summed E-state index contributed by atoms with van der Waals surface area (Å²) in [7, 11) is -3.68. The molecular formula is C14H21N4O4P. The summed E-state index contributed by atoms with van der Waals surface area (Å²) >= 11 is 0. The van der Waals surface area contributed by atoms with E-state index < -0.39 is 25.6 Å². The normalized spacial score (nSPS) is 19.1. The highest BCUT2D eigenvalue weighted by Crippen LogP contribution is 2.34. The van der Waals surface area contributed by atoms with Gasteiger partial charge < -0.3 is 10.1 Å². The van der Waals surface area contributed by atoms with Crippen molar-refractivity contribution in [2.75, 3.05) is 6.54 Å². The molecule has 2 rings (SSSR count). The summed E-state index contributed by atoms with van der Waals surface area (Å²) < 4.78 is 17.8. The third-order valence-corrected chi connectivity index (χ3v) is 4.70. The maximum Gasteiger partial charge on any atom is 0.408 e. The fourth-order valence-electron chi connectivity index (χ4n) is 2.37. The van der Waals surface area contributed by atoms with Gasteiger partial charge >= 0.3 is 13.7 Å². The van der Waals surface area contributed by atoms with Gasteiger partial charge in [-0.2, -0.15) is 0 Å². The Bertz CT molecular complexity index is 604. The van der Waals surface area contributed by atoms with E-state index in [0.29, 0.717) is 19.3 Å². The minimum atomic E-state index is -3.68. The summed E-state index contributed by atoms with van der Waals surface area (Å²) in [6.45, 7) is 0.323. The van der Waals surface area contributed by atoms with Gasteiger partial charge in [-0.05, 0) is 24.8 Å². The van der Waals surface area contributed by atoms with Crippen molar-refractivity contribution < 1.29 is 18.9 Å². The Labute approximate surface area is 134 Å². The highest BCUT2D eigenvalue weighted by atomic mass is 31.2. The van der Waals surface area contributed by atoms with Crippen molar-refractivity contribution >= 4 is 19.6 Å². The molecule has 0 aromatic heterocycles. The highest BCUT2D eigenvalue weighted by Gasteiger charge is 2.35. The Morgan fingerprint density at radius 2 is 2.00 bits per heavy atom. The Hall–Kier alpha value is -1.89. The summed E-state index contributed by atoms with van der Waals surface area (Å²) in [4.78, 5) is 24.2. The molecule has 0 radical (unpaired) electrons. The van der Waals surface area contributed by atoms with Gasteiger partial charge in [-0.1, -0.05) is 30.3 Å². The van der Waals surface area contributed by atoms with Crippen molar-refractivity contribution in [1.29, 1.82) is 0 Å². The number of carbonyl (C=O) groups excluding carboxylic acids is 2. The number of nitrogens with one attached hydrogen (secondary N) is 1. The Kier molecular flexibility index (Phi) is 5.76. The first-order valence-electron chi connectivity index (χ1n) is 7.34. The van der Waals surface area contributed by atoms with Gasteiger partial charge in [0.15, 0.2) is 0 Å². The maximum absolute atomic E-state index is 12.3. The molecular weight excluding hydrogens is 319 g/mol. The van der Waals surface area contributed by atoms with Gasteiger partial charge in [0, 0.05) is 6.54 Å². The molecule has 1 heterocycles. The number of alkyl carbamates (subject to hydrolysis) is 1. The van der Waals surface area contributed by atoms with E-state index in [9.17, 15) is 14.2 Å². The molecule has 1 aliphatic rings. The van der Waals surface area contributed by atoms with Crippen LogP contribution < -0.4 is 16.3 Å². The third-order valence-electron chi connectivity index (χ3n) is 3.55. The molecule has 0 saturated carbocycles. The first-order chi connectivity index (χ1) is 10.9. The average Bonchev–Trinajstić information content (AvgIpc) is 2.68. The number of rotatable bonds is 4. The fraction of sp³-hybridized carbons (Fsp3) is 0.429. The second-order valence-electron chi connectivity index (χ2n) is 5.39. The largest absolute Gasteiger partial charge is 0.445 e. The second-order valence-corrected chi connectivity index (χ2v) is 7.22. The first-order valence-corrected chi connectivity index (χ1v) is 9.14. The molecule has 1 fully saturated rings. The molecule has 8 nitrogen and oxygen atoms in total. The number of carbonyl (C=O) groups is 2.